The fraction of sp³-hybridized carbons (Fsp3) is 0.524. The third kappa shape index (κ3) is 4.94. The molecule has 1 saturated carbocycles. The predicted molar refractivity (Wildman–Crippen MR) is 98.8 cm³/mol. The van der Waals surface area contributed by atoms with Gasteiger partial charge in [0.05, 0.1) is 6.54 Å². The molecule has 4 heteroatoms. The molecule has 1 aromatic heterocycles. The largest absolute Gasteiger partial charge is 0.356 e. The van der Waals surface area contributed by atoms with Gasteiger partial charge < -0.3 is 9.84 Å². The van der Waals surface area contributed by atoms with Crippen LogP contribution in [-0.2, 0) is 11.3 Å². The fourth-order valence-corrected chi connectivity index (χ4v) is 3.66. The molecule has 0 saturated heterocycles. The molecule has 134 valence electrons. The van der Waals surface area contributed by atoms with Crippen molar-refractivity contribution in [3.05, 3.63) is 42.1 Å². The molecule has 1 aliphatic rings. The van der Waals surface area contributed by atoms with Gasteiger partial charge in [-0.1, -0.05) is 61.7 Å². The summed E-state index contributed by atoms with van der Waals surface area (Å²) in [6.45, 7) is 2.68. The van der Waals surface area contributed by atoms with E-state index in [4.69, 9.17) is 4.52 Å². The zero-order valence-electron chi connectivity index (χ0n) is 15.0. The molecule has 1 amide bonds. The van der Waals surface area contributed by atoms with Crippen molar-refractivity contribution in [3.63, 3.8) is 0 Å². The number of carbonyl (C=O) groups excluding carboxylic acids is 1. The average Bonchev–Trinajstić information content (AvgIpc) is 3.14. The van der Waals surface area contributed by atoms with Crippen LogP contribution in [0.5, 0.6) is 0 Å². The first-order valence-electron chi connectivity index (χ1n) is 9.55. The standard InChI is InChI=1S/C21H28N2O2/c1-2-3-7-16-10-12-18(13-11-16)21(24)22-15-19-14-20(25-23-19)17-8-5-4-6-9-17/h4-6,8-9,14,16,18H,2-3,7,10-13,15H2,1H3,(H,22,24). The highest BCUT2D eigenvalue weighted by Gasteiger charge is 2.25. The summed E-state index contributed by atoms with van der Waals surface area (Å²) >= 11 is 0. The first kappa shape index (κ1) is 17.7. The number of benzene rings is 1. The molecule has 1 heterocycles. The molecule has 0 radical (unpaired) electrons. The molecule has 0 unspecified atom stereocenters. The second-order valence-corrected chi connectivity index (χ2v) is 7.13. The monoisotopic (exact) mass is 340 g/mol. The van der Waals surface area contributed by atoms with Crippen LogP contribution in [0, 0.1) is 11.8 Å². The van der Waals surface area contributed by atoms with Crippen LogP contribution in [0.1, 0.15) is 57.6 Å². The number of nitrogens with zero attached hydrogens (tertiary/aromatic N) is 1. The van der Waals surface area contributed by atoms with Gasteiger partial charge in [-0.15, -0.1) is 0 Å². The number of carbonyl (C=O) groups is 1. The van der Waals surface area contributed by atoms with Gasteiger partial charge in [0.2, 0.25) is 5.91 Å². The number of hydrogen-bond acceptors (Lipinski definition) is 3. The van der Waals surface area contributed by atoms with E-state index in [1.165, 1.54) is 32.1 Å². The Morgan fingerprint density at radius 1 is 1.20 bits per heavy atom. The van der Waals surface area contributed by atoms with E-state index in [0.717, 1.165) is 35.8 Å². The lowest BCUT2D eigenvalue weighted by Gasteiger charge is -2.27. The van der Waals surface area contributed by atoms with Gasteiger partial charge in [-0.3, -0.25) is 4.79 Å². The van der Waals surface area contributed by atoms with Crippen molar-refractivity contribution in [1.29, 1.82) is 0 Å². The number of unbranched alkanes of at least 4 members (excludes halogenated alkanes) is 1. The van der Waals surface area contributed by atoms with Gasteiger partial charge in [-0.25, -0.2) is 0 Å². The third-order valence-electron chi connectivity index (χ3n) is 5.24. The zero-order chi connectivity index (χ0) is 17.5. The maximum Gasteiger partial charge on any atom is 0.223 e. The highest BCUT2D eigenvalue weighted by Crippen LogP contribution is 2.32. The molecule has 1 aromatic carbocycles. The lowest BCUT2D eigenvalue weighted by Crippen LogP contribution is -2.32. The van der Waals surface area contributed by atoms with Crippen molar-refractivity contribution in [2.75, 3.05) is 0 Å². The summed E-state index contributed by atoms with van der Waals surface area (Å²) in [6, 6.07) is 11.8. The van der Waals surface area contributed by atoms with Crippen molar-refractivity contribution in [2.45, 2.75) is 58.4 Å². The summed E-state index contributed by atoms with van der Waals surface area (Å²) < 4.78 is 5.38. The van der Waals surface area contributed by atoms with Crippen molar-refractivity contribution < 1.29 is 9.32 Å². The molecule has 1 fully saturated rings. The SMILES string of the molecule is CCCCC1CCC(C(=O)NCc2cc(-c3ccccc3)on2)CC1. The Balaban J connectivity index is 1.45. The van der Waals surface area contributed by atoms with Gasteiger partial charge in [0.1, 0.15) is 5.69 Å². The smallest absolute Gasteiger partial charge is 0.223 e. The Bertz CT molecular complexity index is 658. The van der Waals surface area contributed by atoms with Gasteiger partial charge in [0.15, 0.2) is 5.76 Å². The number of rotatable bonds is 7. The second kappa shape index (κ2) is 8.84. The minimum atomic E-state index is 0.165. The van der Waals surface area contributed by atoms with Crippen LogP contribution in [0.3, 0.4) is 0 Å². The Morgan fingerprint density at radius 3 is 2.68 bits per heavy atom. The molecular weight excluding hydrogens is 312 g/mol. The van der Waals surface area contributed by atoms with Gasteiger partial charge in [-0.2, -0.15) is 0 Å². The van der Waals surface area contributed by atoms with E-state index in [0.29, 0.717) is 6.54 Å². The summed E-state index contributed by atoms with van der Waals surface area (Å²) in [4.78, 5) is 12.4. The summed E-state index contributed by atoms with van der Waals surface area (Å²) in [5.74, 6) is 1.89. The van der Waals surface area contributed by atoms with E-state index in [1.807, 2.05) is 36.4 Å². The minimum Gasteiger partial charge on any atom is -0.356 e. The first-order valence-corrected chi connectivity index (χ1v) is 9.55. The van der Waals surface area contributed by atoms with Crippen molar-refractivity contribution in [1.82, 2.24) is 10.5 Å². The maximum atomic E-state index is 12.4. The van der Waals surface area contributed by atoms with Crippen LogP contribution in [0.4, 0.5) is 0 Å². The number of hydrogen-bond donors (Lipinski definition) is 1. The molecule has 3 rings (SSSR count). The average molecular weight is 340 g/mol. The summed E-state index contributed by atoms with van der Waals surface area (Å²) in [6.07, 6.45) is 8.34. The van der Waals surface area contributed by atoms with Crippen LogP contribution in [0.25, 0.3) is 11.3 Å². The second-order valence-electron chi connectivity index (χ2n) is 7.13. The lowest BCUT2D eigenvalue weighted by atomic mass is 9.79. The topological polar surface area (TPSA) is 55.1 Å². The van der Waals surface area contributed by atoms with E-state index in [-0.39, 0.29) is 11.8 Å². The highest BCUT2D eigenvalue weighted by molar-refractivity contribution is 5.78. The van der Waals surface area contributed by atoms with Crippen LogP contribution < -0.4 is 5.32 Å². The molecule has 4 nitrogen and oxygen atoms in total. The van der Waals surface area contributed by atoms with Crippen molar-refractivity contribution >= 4 is 5.91 Å². The molecule has 2 aromatic rings. The van der Waals surface area contributed by atoms with Crippen LogP contribution >= 0.6 is 0 Å². The molecule has 1 aliphatic carbocycles. The summed E-state index contributed by atoms with van der Waals surface area (Å²) in [7, 11) is 0. The highest BCUT2D eigenvalue weighted by atomic mass is 16.5. The third-order valence-corrected chi connectivity index (χ3v) is 5.24. The van der Waals surface area contributed by atoms with E-state index in [9.17, 15) is 4.79 Å². The van der Waals surface area contributed by atoms with E-state index >= 15 is 0 Å². The molecule has 1 N–H and O–H groups in total. The molecule has 25 heavy (non-hydrogen) atoms. The Hall–Kier alpha value is -2.10. The molecule has 0 bridgehead atoms. The molecule has 0 aliphatic heterocycles. The Labute approximate surface area is 150 Å². The van der Waals surface area contributed by atoms with E-state index < -0.39 is 0 Å². The van der Waals surface area contributed by atoms with Gasteiger partial charge in [0.25, 0.3) is 0 Å². The molecule has 0 atom stereocenters. The quantitative estimate of drug-likeness (QED) is 0.775. The maximum absolute atomic E-state index is 12.4. The van der Waals surface area contributed by atoms with Gasteiger partial charge >= 0.3 is 0 Å². The molecule has 0 spiro atoms. The number of nitrogens with one attached hydrogen (secondary N) is 1. The Kier molecular flexibility index (Phi) is 6.26. The Morgan fingerprint density at radius 2 is 1.96 bits per heavy atom. The van der Waals surface area contributed by atoms with Crippen LogP contribution in [-0.4, -0.2) is 11.1 Å². The van der Waals surface area contributed by atoms with Gasteiger partial charge in [-0.05, 0) is 31.6 Å². The summed E-state index contributed by atoms with van der Waals surface area (Å²) in [5, 5.41) is 7.10. The predicted octanol–water partition coefficient (Wildman–Crippen LogP) is 4.95. The first-order chi connectivity index (χ1) is 12.3. The number of amides is 1. The molecular formula is C21H28N2O2. The summed E-state index contributed by atoms with van der Waals surface area (Å²) in [5.41, 5.74) is 1.77. The zero-order valence-corrected chi connectivity index (χ0v) is 15.0. The van der Waals surface area contributed by atoms with Crippen molar-refractivity contribution in [3.8, 4) is 11.3 Å². The normalized spacial score (nSPS) is 20.4. The van der Waals surface area contributed by atoms with Gasteiger partial charge in [0, 0.05) is 17.5 Å². The minimum absolute atomic E-state index is 0.165. The van der Waals surface area contributed by atoms with Crippen LogP contribution in [0.15, 0.2) is 40.9 Å². The number of aromatic nitrogens is 1. The van der Waals surface area contributed by atoms with Crippen molar-refractivity contribution in [2.24, 2.45) is 11.8 Å². The van der Waals surface area contributed by atoms with E-state index in [2.05, 4.69) is 17.4 Å². The lowest BCUT2D eigenvalue weighted by molar-refractivity contribution is -0.126. The fourth-order valence-electron chi connectivity index (χ4n) is 3.66. The van der Waals surface area contributed by atoms with E-state index in [1.54, 1.807) is 0 Å². The van der Waals surface area contributed by atoms with Crippen LogP contribution in [0.2, 0.25) is 0 Å².